The fourth-order valence-electron chi connectivity index (χ4n) is 4.95. The van der Waals surface area contributed by atoms with E-state index in [2.05, 4.69) is 0 Å². The molecule has 0 saturated carbocycles. The van der Waals surface area contributed by atoms with Gasteiger partial charge < -0.3 is 24.4 Å². The van der Waals surface area contributed by atoms with E-state index in [1.165, 1.54) is 49.5 Å². The number of hydrogen-bond acceptors (Lipinski definition) is 11. The molecule has 4 aromatic carbocycles. The van der Waals surface area contributed by atoms with Crippen molar-refractivity contribution in [3.05, 3.63) is 127 Å². The number of nitro benzene ring substituents is 2. The van der Waals surface area contributed by atoms with Crippen LogP contribution in [0.3, 0.4) is 0 Å². The molecule has 0 fully saturated rings. The van der Waals surface area contributed by atoms with Gasteiger partial charge in [0.25, 0.3) is 11.8 Å². The molecule has 0 spiro atoms. The minimum Gasteiger partial charge on any atom is -0.450 e. The summed E-state index contributed by atoms with van der Waals surface area (Å²) in [6, 6.07) is 21.2. The molecule has 0 aliphatic heterocycles. The van der Waals surface area contributed by atoms with Crippen LogP contribution in [0.4, 0.5) is 11.4 Å². The van der Waals surface area contributed by atoms with E-state index in [1.54, 1.807) is 125 Å². The van der Waals surface area contributed by atoms with E-state index in [0.717, 1.165) is 0 Å². The Bertz CT molecular complexity index is 2060. The lowest BCUT2D eigenvalue weighted by Gasteiger charge is -2.32. The first kappa shape index (κ1) is 44.7. The predicted molar refractivity (Wildman–Crippen MR) is 210 cm³/mol. The monoisotopic (exact) mass is 794 g/mol. The molecule has 17 nitrogen and oxygen atoms in total. The van der Waals surface area contributed by atoms with Crippen LogP contribution in [0.15, 0.2) is 84.9 Å². The van der Waals surface area contributed by atoms with Crippen molar-refractivity contribution in [2.24, 2.45) is 0 Å². The van der Waals surface area contributed by atoms with Crippen LogP contribution >= 0.6 is 7.67 Å². The molecule has 4 rings (SSSR count). The van der Waals surface area contributed by atoms with Crippen molar-refractivity contribution in [2.75, 3.05) is 56.4 Å². The minimum absolute atomic E-state index is 0.0131. The zero-order chi connectivity index (χ0) is 42.1. The molecule has 18 heteroatoms. The normalized spacial score (nSPS) is 12.2. The molecule has 2 amide bonds. The van der Waals surface area contributed by atoms with Crippen LogP contribution in [0, 0.1) is 20.2 Å². The second-order valence-corrected chi connectivity index (χ2v) is 16.0. The van der Waals surface area contributed by atoms with Gasteiger partial charge in [-0.3, -0.25) is 38.9 Å². The molecule has 0 bridgehead atoms. The smallest absolute Gasteiger partial charge is 0.345 e. The van der Waals surface area contributed by atoms with Crippen molar-refractivity contribution in [1.82, 2.24) is 19.1 Å². The second-order valence-electron chi connectivity index (χ2n) is 13.2. The van der Waals surface area contributed by atoms with Crippen LogP contribution in [-0.2, 0) is 9.09 Å². The molecule has 4 aromatic rings. The Balaban J connectivity index is 0.000000313. The van der Waals surface area contributed by atoms with E-state index in [-0.39, 0.29) is 34.7 Å². The SMILES string of the molecule is CC(O)c1ccc([N+](=O)[O-])c(Oc2ccc(C(=O)N(C)C)cc2)c1.CC(OP(=O)(N(C)C)N(C)C)c1ccc([N+](=O)[O-])c(Oc2ccc(C(=O)N(C)C)cc2)c1. The van der Waals surface area contributed by atoms with Gasteiger partial charge >= 0.3 is 19.0 Å². The first-order chi connectivity index (χ1) is 26.2. The topological polar surface area (TPSA) is 198 Å². The molecular weight excluding hydrogens is 747 g/mol. The van der Waals surface area contributed by atoms with E-state index in [1.807, 2.05) is 0 Å². The van der Waals surface area contributed by atoms with Crippen molar-refractivity contribution in [1.29, 1.82) is 0 Å². The van der Waals surface area contributed by atoms with Gasteiger partial charge in [0.15, 0.2) is 0 Å². The summed E-state index contributed by atoms with van der Waals surface area (Å²) in [5, 5.41) is 32.3. The largest absolute Gasteiger partial charge is 0.450 e. The van der Waals surface area contributed by atoms with E-state index >= 15 is 0 Å². The molecule has 0 aromatic heterocycles. The summed E-state index contributed by atoms with van der Waals surface area (Å²) in [5.41, 5.74) is 1.60. The number of carbonyl (C=O) groups excluding carboxylic acids is 2. The highest BCUT2D eigenvalue weighted by atomic mass is 31.2. The van der Waals surface area contributed by atoms with Crippen LogP contribution in [0.2, 0.25) is 0 Å². The number of nitrogens with zero attached hydrogens (tertiary/aromatic N) is 6. The molecular formula is C38H47N6O11P. The Morgan fingerprint density at radius 2 is 0.982 bits per heavy atom. The van der Waals surface area contributed by atoms with Gasteiger partial charge in [0.1, 0.15) is 11.5 Å². The Hall–Kier alpha value is -5.71. The summed E-state index contributed by atoms with van der Waals surface area (Å²) in [6.45, 7) is 3.28. The lowest BCUT2D eigenvalue weighted by molar-refractivity contribution is -0.385. The molecule has 0 aliphatic rings. The van der Waals surface area contributed by atoms with Crippen LogP contribution in [0.1, 0.15) is 57.9 Å². The molecule has 0 saturated heterocycles. The number of benzene rings is 4. The van der Waals surface area contributed by atoms with Gasteiger partial charge in [-0.15, -0.1) is 0 Å². The van der Waals surface area contributed by atoms with E-state index in [0.29, 0.717) is 33.8 Å². The molecule has 0 radical (unpaired) electrons. The molecule has 1 N–H and O–H groups in total. The number of ether oxygens (including phenoxy) is 2. The number of nitro groups is 2. The van der Waals surface area contributed by atoms with E-state index in [4.69, 9.17) is 14.0 Å². The summed E-state index contributed by atoms with van der Waals surface area (Å²) in [5.74, 6) is 0.423. The number of aliphatic hydroxyl groups is 1. The predicted octanol–water partition coefficient (Wildman–Crippen LogP) is 7.54. The van der Waals surface area contributed by atoms with Crippen molar-refractivity contribution < 1.29 is 43.1 Å². The van der Waals surface area contributed by atoms with E-state index < -0.39 is 29.7 Å². The Morgan fingerprint density at radius 1 is 0.625 bits per heavy atom. The van der Waals surface area contributed by atoms with Crippen LogP contribution < -0.4 is 9.47 Å². The third kappa shape index (κ3) is 11.4. The molecule has 2 atom stereocenters. The Kier molecular flexibility index (Phi) is 15.4. The highest BCUT2D eigenvalue weighted by molar-refractivity contribution is 7.53. The molecule has 300 valence electrons. The summed E-state index contributed by atoms with van der Waals surface area (Å²) in [7, 11) is 9.96. The van der Waals surface area contributed by atoms with E-state index in [9.17, 15) is 39.5 Å². The number of carbonyl (C=O) groups is 2. The number of amides is 2. The van der Waals surface area contributed by atoms with Crippen molar-refractivity contribution >= 4 is 30.9 Å². The van der Waals surface area contributed by atoms with Crippen molar-refractivity contribution in [3.63, 3.8) is 0 Å². The fraction of sp³-hybridized carbons (Fsp3) is 0.316. The molecule has 2 unspecified atom stereocenters. The third-order valence-corrected chi connectivity index (χ3v) is 10.7. The Labute approximate surface area is 325 Å². The maximum Gasteiger partial charge on any atom is 0.345 e. The van der Waals surface area contributed by atoms with Crippen LogP contribution in [-0.4, -0.2) is 102 Å². The number of aliphatic hydroxyl groups excluding tert-OH is 1. The highest BCUT2D eigenvalue weighted by Gasteiger charge is 2.33. The Morgan fingerprint density at radius 3 is 1.30 bits per heavy atom. The fourth-order valence-corrected chi connectivity index (χ4v) is 6.58. The molecule has 0 aliphatic carbocycles. The summed E-state index contributed by atoms with van der Waals surface area (Å²) in [6.07, 6.45) is -1.40. The average Bonchev–Trinajstić information content (AvgIpc) is 3.14. The summed E-state index contributed by atoms with van der Waals surface area (Å²) < 4.78 is 33.4. The van der Waals surface area contributed by atoms with Gasteiger partial charge in [-0.05, 0) is 126 Å². The lowest BCUT2D eigenvalue weighted by atomic mass is 10.1. The third-order valence-electron chi connectivity index (χ3n) is 8.09. The van der Waals surface area contributed by atoms with Gasteiger partial charge in [0, 0.05) is 51.5 Å². The molecule has 0 heterocycles. The van der Waals surface area contributed by atoms with Gasteiger partial charge in [0.2, 0.25) is 11.5 Å². The number of hydrogen-bond donors (Lipinski definition) is 1. The zero-order valence-corrected chi connectivity index (χ0v) is 33.8. The van der Waals surface area contributed by atoms with Gasteiger partial charge in [-0.1, -0.05) is 0 Å². The lowest BCUT2D eigenvalue weighted by Crippen LogP contribution is -2.23. The molecule has 56 heavy (non-hydrogen) atoms. The summed E-state index contributed by atoms with van der Waals surface area (Å²) in [4.78, 5) is 48.3. The second kappa shape index (κ2) is 19.2. The van der Waals surface area contributed by atoms with Gasteiger partial charge in [0.05, 0.1) is 22.1 Å². The average molecular weight is 795 g/mol. The van der Waals surface area contributed by atoms with Crippen LogP contribution in [0.5, 0.6) is 23.0 Å². The first-order valence-electron chi connectivity index (χ1n) is 17.0. The zero-order valence-electron chi connectivity index (χ0n) is 32.9. The first-order valence-corrected chi connectivity index (χ1v) is 18.6. The van der Waals surface area contributed by atoms with Crippen LogP contribution in [0.25, 0.3) is 0 Å². The standard InChI is InChI=1S/C21H29N4O6P.C17H18N2O5/c1-15(31-32(29,23(4)5)24(6)7)17-10-13-19(25(27)28)20(14-17)30-18-11-8-16(9-12-18)21(26)22(2)3;1-11(20)13-6-9-15(19(22)23)16(10-13)24-14-7-4-12(5-8-14)17(21)18(2)3/h8-15H,1-7H3;4-11,20H,1-3H3. The maximum atomic E-state index is 13.1. The van der Waals surface area contributed by atoms with Crippen molar-refractivity contribution in [2.45, 2.75) is 26.1 Å². The van der Waals surface area contributed by atoms with Crippen molar-refractivity contribution in [3.8, 4) is 23.0 Å². The quantitative estimate of drug-likeness (QED) is 0.0747. The summed E-state index contributed by atoms with van der Waals surface area (Å²) >= 11 is 0. The van der Waals surface area contributed by atoms with Gasteiger partial charge in [-0.25, -0.2) is 9.34 Å². The van der Waals surface area contributed by atoms with Gasteiger partial charge in [-0.2, -0.15) is 0 Å². The number of rotatable bonds is 14. The maximum absolute atomic E-state index is 13.1. The minimum atomic E-state index is -3.26. The highest BCUT2D eigenvalue weighted by Crippen LogP contribution is 2.54.